The first-order chi connectivity index (χ1) is 8.80. The number of rotatable bonds is 4. The normalized spacial score (nSPS) is 19.6. The molecule has 0 spiro atoms. The standard InChI is InChI=1S/C15H23NO2/c1-4-11-9-12(13-7-5-6-8-16-13)15(18-3)14(10-11)17-2/h9-10,13,16H,4-8H2,1-3H3. The summed E-state index contributed by atoms with van der Waals surface area (Å²) < 4.78 is 11.0. The zero-order chi connectivity index (χ0) is 13.0. The second-order valence-electron chi connectivity index (χ2n) is 4.78. The van der Waals surface area contributed by atoms with E-state index in [1.807, 2.05) is 0 Å². The Kier molecular flexibility index (Phi) is 4.48. The first kappa shape index (κ1) is 13.2. The smallest absolute Gasteiger partial charge is 0.165 e. The van der Waals surface area contributed by atoms with Crippen molar-refractivity contribution in [3.63, 3.8) is 0 Å². The molecule has 0 amide bonds. The molecule has 18 heavy (non-hydrogen) atoms. The molecule has 0 aliphatic carbocycles. The third kappa shape index (κ3) is 2.61. The molecule has 0 aromatic heterocycles. The van der Waals surface area contributed by atoms with Gasteiger partial charge in [0.1, 0.15) is 0 Å². The van der Waals surface area contributed by atoms with E-state index in [9.17, 15) is 0 Å². The predicted molar refractivity (Wildman–Crippen MR) is 73.5 cm³/mol. The predicted octanol–water partition coefficient (Wildman–Crippen LogP) is 3.08. The van der Waals surface area contributed by atoms with Gasteiger partial charge in [0.15, 0.2) is 11.5 Å². The summed E-state index contributed by atoms with van der Waals surface area (Å²) in [5.41, 5.74) is 2.54. The highest BCUT2D eigenvalue weighted by atomic mass is 16.5. The van der Waals surface area contributed by atoms with Gasteiger partial charge in [-0.2, -0.15) is 0 Å². The van der Waals surface area contributed by atoms with Crippen LogP contribution in [-0.2, 0) is 6.42 Å². The lowest BCUT2D eigenvalue weighted by Gasteiger charge is -2.26. The quantitative estimate of drug-likeness (QED) is 0.889. The summed E-state index contributed by atoms with van der Waals surface area (Å²) in [5, 5.41) is 3.58. The van der Waals surface area contributed by atoms with E-state index in [1.54, 1.807) is 14.2 Å². The van der Waals surface area contributed by atoms with Gasteiger partial charge in [0.2, 0.25) is 0 Å². The first-order valence-electron chi connectivity index (χ1n) is 6.78. The fourth-order valence-electron chi connectivity index (χ4n) is 2.63. The molecule has 1 heterocycles. The van der Waals surface area contributed by atoms with Gasteiger partial charge in [-0.05, 0) is 37.4 Å². The van der Waals surface area contributed by atoms with Crippen LogP contribution in [0.4, 0.5) is 0 Å². The van der Waals surface area contributed by atoms with E-state index in [2.05, 4.69) is 24.4 Å². The summed E-state index contributed by atoms with van der Waals surface area (Å²) in [7, 11) is 3.42. The summed E-state index contributed by atoms with van der Waals surface area (Å²) >= 11 is 0. The maximum Gasteiger partial charge on any atom is 0.165 e. The third-order valence-electron chi connectivity index (χ3n) is 3.66. The van der Waals surface area contributed by atoms with Crippen molar-refractivity contribution in [2.75, 3.05) is 20.8 Å². The molecular weight excluding hydrogens is 226 g/mol. The number of hydrogen-bond donors (Lipinski definition) is 1. The van der Waals surface area contributed by atoms with Gasteiger partial charge in [-0.25, -0.2) is 0 Å². The Morgan fingerprint density at radius 2 is 2.06 bits per heavy atom. The lowest BCUT2D eigenvalue weighted by Crippen LogP contribution is -2.27. The molecule has 1 N–H and O–H groups in total. The maximum absolute atomic E-state index is 5.56. The van der Waals surface area contributed by atoms with Crippen LogP contribution in [0.3, 0.4) is 0 Å². The lowest BCUT2D eigenvalue weighted by molar-refractivity contribution is 0.337. The highest BCUT2D eigenvalue weighted by molar-refractivity contribution is 5.51. The van der Waals surface area contributed by atoms with Crippen LogP contribution in [-0.4, -0.2) is 20.8 Å². The molecule has 1 atom stereocenters. The first-order valence-corrected chi connectivity index (χ1v) is 6.78. The van der Waals surface area contributed by atoms with E-state index < -0.39 is 0 Å². The molecule has 0 bridgehead atoms. The van der Waals surface area contributed by atoms with Crippen LogP contribution in [0.15, 0.2) is 12.1 Å². The number of methoxy groups -OCH3 is 2. The second kappa shape index (κ2) is 6.10. The van der Waals surface area contributed by atoms with Crippen LogP contribution in [0.2, 0.25) is 0 Å². The number of aryl methyl sites for hydroxylation is 1. The number of nitrogens with one attached hydrogen (secondary N) is 1. The molecule has 1 aliphatic heterocycles. The maximum atomic E-state index is 5.56. The van der Waals surface area contributed by atoms with Gasteiger partial charge >= 0.3 is 0 Å². The SMILES string of the molecule is CCc1cc(OC)c(OC)c(C2CCCCN2)c1. The van der Waals surface area contributed by atoms with Crippen LogP contribution < -0.4 is 14.8 Å². The topological polar surface area (TPSA) is 30.5 Å². The van der Waals surface area contributed by atoms with Crippen molar-refractivity contribution in [1.29, 1.82) is 0 Å². The minimum Gasteiger partial charge on any atom is -0.493 e. The molecule has 0 radical (unpaired) electrons. The van der Waals surface area contributed by atoms with Crippen LogP contribution >= 0.6 is 0 Å². The van der Waals surface area contributed by atoms with E-state index in [-0.39, 0.29) is 0 Å². The van der Waals surface area contributed by atoms with Crippen LogP contribution in [0.1, 0.15) is 43.4 Å². The molecule has 2 rings (SSSR count). The minimum atomic E-state index is 0.397. The fourth-order valence-corrected chi connectivity index (χ4v) is 2.63. The Labute approximate surface area is 109 Å². The van der Waals surface area contributed by atoms with E-state index in [0.29, 0.717) is 6.04 Å². The largest absolute Gasteiger partial charge is 0.493 e. The molecular formula is C15H23NO2. The van der Waals surface area contributed by atoms with Crippen molar-refractivity contribution in [2.24, 2.45) is 0 Å². The van der Waals surface area contributed by atoms with Gasteiger partial charge in [0.25, 0.3) is 0 Å². The summed E-state index contributed by atoms with van der Waals surface area (Å²) in [6.07, 6.45) is 4.73. The van der Waals surface area contributed by atoms with Gasteiger partial charge in [0, 0.05) is 11.6 Å². The van der Waals surface area contributed by atoms with Gasteiger partial charge in [-0.1, -0.05) is 19.4 Å². The van der Waals surface area contributed by atoms with E-state index in [4.69, 9.17) is 9.47 Å². The van der Waals surface area contributed by atoms with Crippen LogP contribution in [0.25, 0.3) is 0 Å². The number of piperidine rings is 1. The molecule has 3 nitrogen and oxygen atoms in total. The Balaban J connectivity index is 2.41. The molecule has 1 aromatic rings. The average Bonchev–Trinajstić information content (AvgIpc) is 2.46. The monoisotopic (exact) mass is 249 g/mol. The Hall–Kier alpha value is -1.22. The van der Waals surface area contributed by atoms with Crippen molar-refractivity contribution >= 4 is 0 Å². The van der Waals surface area contributed by atoms with E-state index in [1.165, 1.54) is 30.4 Å². The van der Waals surface area contributed by atoms with Crippen molar-refractivity contribution in [3.8, 4) is 11.5 Å². The van der Waals surface area contributed by atoms with Gasteiger partial charge in [-0.15, -0.1) is 0 Å². The molecule has 1 aliphatic rings. The van der Waals surface area contributed by atoms with Gasteiger partial charge < -0.3 is 14.8 Å². The summed E-state index contributed by atoms with van der Waals surface area (Å²) in [4.78, 5) is 0. The highest BCUT2D eigenvalue weighted by Gasteiger charge is 2.21. The van der Waals surface area contributed by atoms with Crippen molar-refractivity contribution < 1.29 is 9.47 Å². The molecule has 1 saturated heterocycles. The Morgan fingerprint density at radius 3 is 2.61 bits per heavy atom. The third-order valence-corrected chi connectivity index (χ3v) is 3.66. The highest BCUT2D eigenvalue weighted by Crippen LogP contribution is 2.38. The van der Waals surface area contributed by atoms with Crippen molar-refractivity contribution in [1.82, 2.24) is 5.32 Å². The van der Waals surface area contributed by atoms with Gasteiger partial charge in [0.05, 0.1) is 14.2 Å². The van der Waals surface area contributed by atoms with E-state index >= 15 is 0 Å². The average molecular weight is 249 g/mol. The van der Waals surface area contributed by atoms with Crippen molar-refractivity contribution in [3.05, 3.63) is 23.3 Å². The molecule has 1 unspecified atom stereocenters. The molecule has 1 aromatic carbocycles. The number of benzene rings is 1. The Morgan fingerprint density at radius 1 is 1.22 bits per heavy atom. The van der Waals surface area contributed by atoms with Crippen molar-refractivity contribution in [2.45, 2.75) is 38.6 Å². The molecule has 1 fully saturated rings. The lowest BCUT2D eigenvalue weighted by atomic mass is 9.94. The molecule has 3 heteroatoms. The molecule has 100 valence electrons. The number of hydrogen-bond acceptors (Lipinski definition) is 3. The van der Waals surface area contributed by atoms with E-state index in [0.717, 1.165) is 24.5 Å². The second-order valence-corrected chi connectivity index (χ2v) is 4.78. The summed E-state index contributed by atoms with van der Waals surface area (Å²) in [6, 6.07) is 4.73. The van der Waals surface area contributed by atoms with Gasteiger partial charge in [-0.3, -0.25) is 0 Å². The fraction of sp³-hybridized carbons (Fsp3) is 0.600. The Bertz CT molecular complexity index is 398. The zero-order valence-corrected chi connectivity index (χ0v) is 11.6. The number of ether oxygens (including phenoxy) is 2. The minimum absolute atomic E-state index is 0.397. The van der Waals surface area contributed by atoms with Crippen LogP contribution in [0, 0.1) is 0 Å². The summed E-state index contributed by atoms with van der Waals surface area (Å²) in [6.45, 7) is 3.26. The summed E-state index contributed by atoms with van der Waals surface area (Å²) in [5.74, 6) is 1.73. The zero-order valence-electron chi connectivity index (χ0n) is 11.6. The van der Waals surface area contributed by atoms with Crippen LogP contribution in [0.5, 0.6) is 11.5 Å². The molecule has 0 saturated carbocycles.